The van der Waals surface area contributed by atoms with E-state index in [2.05, 4.69) is 5.32 Å². The number of aliphatic hydroxyl groups is 1. The van der Waals surface area contributed by atoms with Crippen molar-refractivity contribution in [3.05, 3.63) is 33.8 Å². The van der Waals surface area contributed by atoms with Gasteiger partial charge in [-0.3, -0.25) is 0 Å². The summed E-state index contributed by atoms with van der Waals surface area (Å²) in [6.07, 6.45) is 2.49. The number of benzene rings is 1. The SMILES string of the molecule is O=C(NCCc1cc(Cl)cc(Cl)c1)N1CCCC1CO. The van der Waals surface area contributed by atoms with E-state index in [1.54, 1.807) is 11.0 Å². The number of aliphatic hydroxyl groups excluding tert-OH is 1. The smallest absolute Gasteiger partial charge is 0.317 e. The number of hydrogen-bond donors (Lipinski definition) is 2. The minimum atomic E-state index is -0.116. The lowest BCUT2D eigenvalue weighted by Crippen LogP contribution is -2.44. The Morgan fingerprint density at radius 2 is 2.05 bits per heavy atom. The molecule has 1 atom stereocenters. The number of carbonyl (C=O) groups is 1. The number of halogens is 2. The summed E-state index contributed by atoms with van der Waals surface area (Å²) < 4.78 is 0. The van der Waals surface area contributed by atoms with Crippen LogP contribution in [0, 0.1) is 0 Å². The van der Waals surface area contributed by atoms with E-state index in [1.807, 2.05) is 12.1 Å². The fraction of sp³-hybridized carbons (Fsp3) is 0.500. The molecule has 20 heavy (non-hydrogen) atoms. The summed E-state index contributed by atoms with van der Waals surface area (Å²) >= 11 is 11.9. The highest BCUT2D eigenvalue weighted by atomic mass is 35.5. The van der Waals surface area contributed by atoms with E-state index in [1.165, 1.54) is 0 Å². The number of nitrogens with zero attached hydrogens (tertiary/aromatic N) is 1. The lowest BCUT2D eigenvalue weighted by atomic mass is 10.1. The Bertz CT molecular complexity index is 462. The van der Waals surface area contributed by atoms with Gasteiger partial charge in [0.25, 0.3) is 0 Å². The molecule has 2 rings (SSSR count). The molecular weight excluding hydrogens is 299 g/mol. The number of hydrogen-bond acceptors (Lipinski definition) is 2. The van der Waals surface area contributed by atoms with Crippen molar-refractivity contribution >= 4 is 29.2 Å². The van der Waals surface area contributed by atoms with Crippen LogP contribution in [0.15, 0.2) is 18.2 Å². The molecule has 1 aliphatic rings. The van der Waals surface area contributed by atoms with Crippen LogP contribution in [0.3, 0.4) is 0 Å². The summed E-state index contributed by atoms with van der Waals surface area (Å²) in [5.74, 6) is 0. The molecule has 0 aliphatic carbocycles. The molecule has 1 unspecified atom stereocenters. The average Bonchev–Trinajstić information content (AvgIpc) is 2.85. The predicted octanol–water partition coefficient (Wildman–Crippen LogP) is 2.70. The monoisotopic (exact) mass is 316 g/mol. The van der Waals surface area contributed by atoms with Crippen LogP contribution in [-0.4, -0.2) is 41.8 Å². The van der Waals surface area contributed by atoms with Gasteiger partial charge in [-0.15, -0.1) is 0 Å². The van der Waals surface area contributed by atoms with Gasteiger partial charge in [0.2, 0.25) is 0 Å². The number of carbonyl (C=O) groups excluding carboxylic acids is 1. The fourth-order valence-electron chi connectivity index (χ4n) is 2.46. The van der Waals surface area contributed by atoms with Crippen molar-refractivity contribution in [1.29, 1.82) is 0 Å². The molecule has 0 aromatic heterocycles. The first-order valence-corrected chi connectivity index (χ1v) is 7.46. The maximum atomic E-state index is 12.0. The third-order valence-electron chi connectivity index (χ3n) is 3.46. The summed E-state index contributed by atoms with van der Waals surface area (Å²) in [6, 6.07) is 5.20. The van der Waals surface area contributed by atoms with E-state index in [4.69, 9.17) is 23.2 Å². The van der Waals surface area contributed by atoms with Crippen molar-refractivity contribution in [3.63, 3.8) is 0 Å². The van der Waals surface area contributed by atoms with Crippen LogP contribution in [0.25, 0.3) is 0 Å². The third-order valence-corrected chi connectivity index (χ3v) is 3.90. The van der Waals surface area contributed by atoms with Gasteiger partial charge in [0.1, 0.15) is 0 Å². The normalized spacial score (nSPS) is 18.4. The molecule has 1 aromatic rings. The largest absolute Gasteiger partial charge is 0.394 e. The second-order valence-corrected chi connectivity index (χ2v) is 5.80. The number of nitrogens with one attached hydrogen (secondary N) is 1. The molecule has 2 N–H and O–H groups in total. The van der Waals surface area contributed by atoms with E-state index < -0.39 is 0 Å². The van der Waals surface area contributed by atoms with Crippen molar-refractivity contribution in [1.82, 2.24) is 10.2 Å². The van der Waals surface area contributed by atoms with Crippen molar-refractivity contribution < 1.29 is 9.90 Å². The lowest BCUT2D eigenvalue weighted by Gasteiger charge is -2.23. The Labute approximate surface area is 128 Å². The van der Waals surface area contributed by atoms with Crippen LogP contribution < -0.4 is 5.32 Å². The standard InChI is InChI=1S/C14H18Cl2N2O2/c15-11-6-10(7-12(16)8-11)3-4-17-14(20)18-5-1-2-13(18)9-19/h6-8,13,19H,1-5,9H2,(H,17,20). The second kappa shape index (κ2) is 7.16. The van der Waals surface area contributed by atoms with E-state index in [0.29, 0.717) is 29.6 Å². The molecule has 2 amide bonds. The maximum absolute atomic E-state index is 12.0. The van der Waals surface area contributed by atoms with Gasteiger partial charge in [0.05, 0.1) is 12.6 Å². The number of rotatable bonds is 4. The van der Waals surface area contributed by atoms with Crippen molar-refractivity contribution in [2.24, 2.45) is 0 Å². The molecule has 1 aliphatic heterocycles. The van der Waals surface area contributed by atoms with Gasteiger partial charge in [-0.05, 0) is 43.0 Å². The number of likely N-dealkylation sites (tertiary alicyclic amines) is 1. The van der Waals surface area contributed by atoms with Gasteiger partial charge >= 0.3 is 6.03 Å². The summed E-state index contributed by atoms with van der Waals surface area (Å²) in [5.41, 5.74) is 0.989. The molecule has 6 heteroatoms. The molecule has 1 aromatic carbocycles. The first-order valence-electron chi connectivity index (χ1n) is 6.70. The van der Waals surface area contributed by atoms with Crippen LogP contribution in [-0.2, 0) is 6.42 Å². The Morgan fingerprint density at radius 3 is 2.70 bits per heavy atom. The predicted molar refractivity (Wildman–Crippen MR) is 80.4 cm³/mol. The van der Waals surface area contributed by atoms with Crippen LogP contribution in [0.5, 0.6) is 0 Å². The van der Waals surface area contributed by atoms with E-state index in [0.717, 1.165) is 18.4 Å². The van der Waals surface area contributed by atoms with Crippen LogP contribution in [0.1, 0.15) is 18.4 Å². The van der Waals surface area contributed by atoms with Gasteiger partial charge in [0.15, 0.2) is 0 Å². The molecule has 110 valence electrons. The fourth-order valence-corrected chi connectivity index (χ4v) is 3.03. The van der Waals surface area contributed by atoms with Crippen LogP contribution in [0.4, 0.5) is 4.79 Å². The third kappa shape index (κ3) is 4.01. The van der Waals surface area contributed by atoms with Crippen molar-refractivity contribution in [2.45, 2.75) is 25.3 Å². The molecular formula is C14H18Cl2N2O2. The maximum Gasteiger partial charge on any atom is 0.317 e. The summed E-state index contributed by atoms with van der Waals surface area (Å²) in [5, 5.41) is 13.3. The quantitative estimate of drug-likeness (QED) is 0.897. The lowest BCUT2D eigenvalue weighted by molar-refractivity contribution is 0.157. The first-order chi connectivity index (χ1) is 9.60. The molecule has 1 heterocycles. The van der Waals surface area contributed by atoms with Crippen LogP contribution in [0.2, 0.25) is 10.0 Å². The zero-order valence-electron chi connectivity index (χ0n) is 11.1. The van der Waals surface area contributed by atoms with E-state index >= 15 is 0 Å². The molecule has 4 nitrogen and oxygen atoms in total. The zero-order chi connectivity index (χ0) is 14.5. The van der Waals surface area contributed by atoms with Crippen molar-refractivity contribution in [2.75, 3.05) is 19.7 Å². The van der Waals surface area contributed by atoms with Gasteiger partial charge < -0.3 is 15.3 Å². The van der Waals surface area contributed by atoms with Gasteiger partial charge in [0, 0.05) is 23.1 Å². The first kappa shape index (κ1) is 15.4. The van der Waals surface area contributed by atoms with Crippen LogP contribution >= 0.6 is 23.2 Å². The molecule has 0 spiro atoms. The van der Waals surface area contributed by atoms with Gasteiger partial charge in [-0.1, -0.05) is 23.2 Å². The highest BCUT2D eigenvalue weighted by molar-refractivity contribution is 6.34. The van der Waals surface area contributed by atoms with Gasteiger partial charge in [-0.25, -0.2) is 4.79 Å². The highest BCUT2D eigenvalue weighted by Crippen LogP contribution is 2.19. The Balaban J connectivity index is 1.82. The Morgan fingerprint density at radius 1 is 1.35 bits per heavy atom. The molecule has 0 saturated carbocycles. The Hall–Kier alpha value is -0.970. The minimum absolute atomic E-state index is 0.0251. The number of urea groups is 1. The summed E-state index contributed by atoms with van der Waals surface area (Å²) in [4.78, 5) is 13.7. The zero-order valence-corrected chi connectivity index (χ0v) is 12.6. The summed E-state index contributed by atoms with van der Waals surface area (Å²) in [6.45, 7) is 1.25. The molecule has 1 fully saturated rings. The van der Waals surface area contributed by atoms with E-state index in [9.17, 15) is 9.90 Å². The second-order valence-electron chi connectivity index (χ2n) is 4.93. The molecule has 1 saturated heterocycles. The highest BCUT2D eigenvalue weighted by Gasteiger charge is 2.27. The minimum Gasteiger partial charge on any atom is -0.394 e. The van der Waals surface area contributed by atoms with Gasteiger partial charge in [-0.2, -0.15) is 0 Å². The topological polar surface area (TPSA) is 52.6 Å². The van der Waals surface area contributed by atoms with E-state index in [-0.39, 0.29) is 18.7 Å². The Kier molecular flexibility index (Phi) is 5.52. The number of amides is 2. The molecule has 0 bridgehead atoms. The average molecular weight is 317 g/mol. The summed E-state index contributed by atoms with van der Waals surface area (Å²) in [7, 11) is 0. The van der Waals surface area contributed by atoms with Crippen molar-refractivity contribution in [3.8, 4) is 0 Å². The molecule has 0 radical (unpaired) electrons.